The standard InChI is InChI=1S/C13H20N2O/c1-11(2)9(12(11,3)4)15-10(16)13(8-14)6-5-7-13/h9H,5-7H2,1-4H3,(H,15,16). The Kier molecular flexibility index (Phi) is 2.15. The molecule has 1 N–H and O–H groups in total. The molecular weight excluding hydrogens is 200 g/mol. The van der Waals surface area contributed by atoms with E-state index in [-0.39, 0.29) is 22.8 Å². The van der Waals surface area contributed by atoms with Gasteiger partial charge in [-0.2, -0.15) is 5.26 Å². The smallest absolute Gasteiger partial charge is 0.240 e. The maximum absolute atomic E-state index is 12.1. The van der Waals surface area contributed by atoms with Crippen molar-refractivity contribution in [2.45, 2.75) is 53.0 Å². The first kappa shape index (κ1) is 11.4. The van der Waals surface area contributed by atoms with Crippen LogP contribution in [0.1, 0.15) is 47.0 Å². The summed E-state index contributed by atoms with van der Waals surface area (Å²) in [4.78, 5) is 12.1. The molecule has 0 aliphatic heterocycles. The van der Waals surface area contributed by atoms with Crippen LogP contribution >= 0.6 is 0 Å². The summed E-state index contributed by atoms with van der Waals surface area (Å²) in [6.07, 6.45) is 2.45. The second-order valence-corrected chi connectivity index (χ2v) is 6.40. The quantitative estimate of drug-likeness (QED) is 0.775. The van der Waals surface area contributed by atoms with E-state index in [2.05, 4.69) is 39.1 Å². The van der Waals surface area contributed by atoms with Crippen molar-refractivity contribution in [1.82, 2.24) is 5.32 Å². The Bertz CT molecular complexity index is 358. The number of nitrogens with one attached hydrogen (secondary N) is 1. The molecule has 2 rings (SSSR count). The van der Waals surface area contributed by atoms with E-state index >= 15 is 0 Å². The third kappa shape index (κ3) is 1.22. The Hall–Kier alpha value is -1.04. The number of carbonyl (C=O) groups is 1. The van der Waals surface area contributed by atoms with Crippen molar-refractivity contribution in [3.8, 4) is 6.07 Å². The van der Waals surface area contributed by atoms with Crippen LogP contribution in [0.5, 0.6) is 0 Å². The first-order valence-corrected chi connectivity index (χ1v) is 6.00. The lowest BCUT2D eigenvalue weighted by Crippen LogP contribution is -2.46. The van der Waals surface area contributed by atoms with Crippen molar-refractivity contribution in [3.05, 3.63) is 0 Å². The third-order valence-corrected chi connectivity index (χ3v) is 5.15. The van der Waals surface area contributed by atoms with Crippen molar-refractivity contribution >= 4 is 5.91 Å². The van der Waals surface area contributed by atoms with Crippen LogP contribution < -0.4 is 5.32 Å². The molecule has 0 radical (unpaired) electrons. The topological polar surface area (TPSA) is 52.9 Å². The predicted octanol–water partition coefficient (Wildman–Crippen LogP) is 2.23. The molecule has 1 amide bonds. The summed E-state index contributed by atoms with van der Waals surface area (Å²) in [5.74, 6) is -0.0510. The summed E-state index contributed by atoms with van der Waals surface area (Å²) < 4.78 is 0. The van der Waals surface area contributed by atoms with Gasteiger partial charge >= 0.3 is 0 Å². The molecule has 2 aliphatic rings. The van der Waals surface area contributed by atoms with E-state index in [1.165, 1.54) is 0 Å². The Morgan fingerprint density at radius 2 is 1.75 bits per heavy atom. The molecule has 2 fully saturated rings. The number of rotatable bonds is 2. The lowest BCUT2D eigenvalue weighted by atomic mass is 9.69. The van der Waals surface area contributed by atoms with E-state index in [0.717, 1.165) is 19.3 Å². The summed E-state index contributed by atoms with van der Waals surface area (Å²) >= 11 is 0. The largest absolute Gasteiger partial charge is 0.351 e. The minimum Gasteiger partial charge on any atom is -0.351 e. The second kappa shape index (κ2) is 3.00. The van der Waals surface area contributed by atoms with Crippen LogP contribution in [0.15, 0.2) is 0 Å². The van der Waals surface area contributed by atoms with Crippen LogP contribution in [-0.2, 0) is 4.79 Å². The summed E-state index contributed by atoms with van der Waals surface area (Å²) in [6.45, 7) is 8.66. The van der Waals surface area contributed by atoms with Gasteiger partial charge in [0.25, 0.3) is 0 Å². The summed E-state index contributed by atoms with van der Waals surface area (Å²) in [5, 5.41) is 12.2. The van der Waals surface area contributed by atoms with Crippen molar-refractivity contribution < 1.29 is 4.79 Å². The fourth-order valence-corrected chi connectivity index (χ4v) is 2.75. The van der Waals surface area contributed by atoms with Crippen LogP contribution in [0.2, 0.25) is 0 Å². The molecule has 0 aromatic carbocycles. The minimum atomic E-state index is -0.714. The molecule has 0 aromatic heterocycles. The highest BCUT2D eigenvalue weighted by molar-refractivity contribution is 5.87. The van der Waals surface area contributed by atoms with Crippen molar-refractivity contribution in [3.63, 3.8) is 0 Å². The number of nitrogens with zero attached hydrogens (tertiary/aromatic N) is 1. The van der Waals surface area contributed by atoms with Gasteiger partial charge in [-0.3, -0.25) is 4.79 Å². The molecule has 3 heteroatoms. The summed E-state index contributed by atoms with van der Waals surface area (Å²) in [6, 6.07) is 2.40. The average Bonchev–Trinajstić information content (AvgIpc) is 2.47. The highest BCUT2D eigenvalue weighted by atomic mass is 16.2. The van der Waals surface area contributed by atoms with Gasteiger partial charge in [-0.1, -0.05) is 27.7 Å². The fourth-order valence-electron chi connectivity index (χ4n) is 2.75. The van der Waals surface area contributed by atoms with Gasteiger partial charge in [0.05, 0.1) is 6.07 Å². The molecule has 88 valence electrons. The Morgan fingerprint density at radius 1 is 1.25 bits per heavy atom. The number of hydrogen-bond donors (Lipinski definition) is 1. The van der Waals surface area contributed by atoms with Crippen molar-refractivity contribution in [2.75, 3.05) is 0 Å². The first-order chi connectivity index (χ1) is 7.28. The SMILES string of the molecule is CC1(C)C(NC(=O)C2(C#N)CCC2)C1(C)C. The molecule has 0 bridgehead atoms. The predicted molar refractivity (Wildman–Crippen MR) is 61.4 cm³/mol. The van der Waals surface area contributed by atoms with Crippen LogP contribution in [0.25, 0.3) is 0 Å². The minimum absolute atomic E-state index is 0.0510. The van der Waals surface area contributed by atoms with Gasteiger partial charge in [-0.25, -0.2) is 0 Å². The molecular formula is C13H20N2O. The molecule has 0 atom stereocenters. The van der Waals surface area contributed by atoms with Gasteiger partial charge in [0, 0.05) is 6.04 Å². The molecule has 3 nitrogen and oxygen atoms in total. The van der Waals surface area contributed by atoms with Crippen LogP contribution in [0.4, 0.5) is 0 Å². The normalized spacial score (nSPS) is 28.7. The van der Waals surface area contributed by atoms with Gasteiger partial charge in [0.15, 0.2) is 0 Å². The zero-order valence-electron chi connectivity index (χ0n) is 10.6. The first-order valence-electron chi connectivity index (χ1n) is 6.00. The van der Waals surface area contributed by atoms with E-state index in [0.29, 0.717) is 0 Å². The van der Waals surface area contributed by atoms with Crippen molar-refractivity contribution in [1.29, 1.82) is 5.26 Å². The molecule has 0 saturated heterocycles. The zero-order chi connectivity index (χ0) is 12.2. The van der Waals surface area contributed by atoms with E-state index < -0.39 is 5.41 Å². The Morgan fingerprint density at radius 3 is 2.00 bits per heavy atom. The molecule has 2 saturated carbocycles. The molecule has 0 aromatic rings. The zero-order valence-corrected chi connectivity index (χ0v) is 10.6. The van der Waals surface area contributed by atoms with Crippen LogP contribution in [0, 0.1) is 27.6 Å². The van der Waals surface area contributed by atoms with E-state index in [1.54, 1.807) is 0 Å². The molecule has 0 unspecified atom stereocenters. The third-order valence-electron chi connectivity index (χ3n) is 5.15. The molecule has 2 aliphatic carbocycles. The maximum atomic E-state index is 12.1. The highest BCUT2D eigenvalue weighted by Crippen LogP contribution is 2.63. The van der Waals surface area contributed by atoms with Gasteiger partial charge in [-0.15, -0.1) is 0 Å². The molecule has 0 heterocycles. The molecule has 16 heavy (non-hydrogen) atoms. The van der Waals surface area contributed by atoms with Gasteiger partial charge in [-0.05, 0) is 30.1 Å². The van der Waals surface area contributed by atoms with E-state index in [9.17, 15) is 4.79 Å². The number of carbonyl (C=O) groups excluding carboxylic acids is 1. The average molecular weight is 220 g/mol. The van der Waals surface area contributed by atoms with Crippen molar-refractivity contribution in [2.24, 2.45) is 16.2 Å². The number of amides is 1. The van der Waals surface area contributed by atoms with E-state index in [1.807, 2.05) is 0 Å². The van der Waals surface area contributed by atoms with Crippen LogP contribution in [0.3, 0.4) is 0 Å². The maximum Gasteiger partial charge on any atom is 0.240 e. The van der Waals surface area contributed by atoms with Crippen LogP contribution in [-0.4, -0.2) is 11.9 Å². The fraction of sp³-hybridized carbons (Fsp3) is 0.846. The summed E-state index contributed by atoms with van der Waals surface area (Å²) in [5.41, 5.74) is -0.430. The Balaban J connectivity index is 2.03. The lowest BCUT2D eigenvalue weighted by molar-refractivity contribution is -0.132. The molecule has 0 spiro atoms. The van der Waals surface area contributed by atoms with Gasteiger partial charge < -0.3 is 5.32 Å². The Labute approximate surface area is 97.2 Å². The van der Waals surface area contributed by atoms with Gasteiger partial charge in [0.2, 0.25) is 5.91 Å². The summed E-state index contributed by atoms with van der Waals surface area (Å²) in [7, 11) is 0. The lowest BCUT2D eigenvalue weighted by Gasteiger charge is -2.33. The highest BCUT2D eigenvalue weighted by Gasteiger charge is 2.66. The monoisotopic (exact) mass is 220 g/mol. The second-order valence-electron chi connectivity index (χ2n) is 6.40. The van der Waals surface area contributed by atoms with Gasteiger partial charge in [0.1, 0.15) is 5.41 Å². The van der Waals surface area contributed by atoms with E-state index in [4.69, 9.17) is 5.26 Å². The number of hydrogen-bond acceptors (Lipinski definition) is 2. The number of nitriles is 1.